The summed E-state index contributed by atoms with van der Waals surface area (Å²) < 4.78 is 39.7. The summed E-state index contributed by atoms with van der Waals surface area (Å²) in [4.78, 5) is 20.0. The third-order valence-electron chi connectivity index (χ3n) is 3.83. The van der Waals surface area contributed by atoms with Crippen LogP contribution in [0.5, 0.6) is 0 Å². The lowest BCUT2D eigenvalue weighted by Gasteiger charge is -2.15. The number of carbonyl (C=O) groups is 1. The highest BCUT2D eigenvalue weighted by Gasteiger charge is 2.31. The van der Waals surface area contributed by atoms with Crippen LogP contribution in [0, 0.1) is 0 Å². The first kappa shape index (κ1) is 21.7. The molecule has 1 aromatic heterocycles. The first-order valence-electron chi connectivity index (χ1n) is 8.21. The predicted octanol–water partition coefficient (Wildman–Crippen LogP) is 4.99. The summed E-state index contributed by atoms with van der Waals surface area (Å²) in [5, 5.41) is 2.69. The fourth-order valence-electron chi connectivity index (χ4n) is 2.31. The molecular weight excluding hydrogens is 489 g/mol. The Bertz CT molecular complexity index is 1080. The van der Waals surface area contributed by atoms with Crippen LogP contribution in [0.3, 0.4) is 0 Å². The van der Waals surface area contributed by atoms with Crippen molar-refractivity contribution >= 4 is 56.4 Å². The molecule has 0 saturated heterocycles. The predicted molar refractivity (Wildman–Crippen MR) is 111 cm³/mol. The Morgan fingerprint density at radius 3 is 2.40 bits per heavy atom. The summed E-state index contributed by atoms with van der Waals surface area (Å²) in [5.41, 5.74) is 10.4. The van der Waals surface area contributed by atoms with Crippen LogP contribution in [0.4, 0.5) is 36.2 Å². The summed E-state index contributed by atoms with van der Waals surface area (Å²) in [7, 11) is 0. The number of hydrazine groups is 1. The van der Waals surface area contributed by atoms with Gasteiger partial charge in [-0.2, -0.15) is 13.2 Å². The number of nitrogens with one attached hydrogen (secondary N) is 3. The largest absolute Gasteiger partial charge is 0.416 e. The average molecular weight is 502 g/mol. The number of rotatable bonds is 5. The van der Waals surface area contributed by atoms with E-state index in [0.717, 1.165) is 29.0 Å². The molecule has 1 amide bonds. The van der Waals surface area contributed by atoms with Gasteiger partial charge in [0.1, 0.15) is 12.0 Å². The Hall–Kier alpha value is -3.05. The second-order valence-electron chi connectivity index (χ2n) is 5.89. The van der Waals surface area contributed by atoms with Gasteiger partial charge in [0.05, 0.1) is 16.3 Å². The molecule has 0 bridgehead atoms. The fourth-order valence-corrected chi connectivity index (χ4v) is 2.74. The lowest BCUT2D eigenvalue weighted by atomic mass is 10.2. The lowest BCUT2D eigenvalue weighted by Crippen LogP contribution is -2.30. The summed E-state index contributed by atoms with van der Waals surface area (Å²) in [6.45, 7) is 0. The van der Waals surface area contributed by atoms with Crippen LogP contribution in [0.15, 0.2) is 53.3 Å². The molecule has 0 aliphatic rings. The van der Waals surface area contributed by atoms with Crippen LogP contribution in [-0.4, -0.2) is 15.9 Å². The fraction of sp³-hybridized carbons (Fsp3) is 0.0556. The van der Waals surface area contributed by atoms with E-state index in [4.69, 9.17) is 17.3 Å². The van der Waals surface area contributed by atoms with E-state index >= 15 is 0 Å². The minimum absolute atomic E-state index is 0.00613. The number of hydrogen-bond donors (Lipinski definition) is 4. The highest BCUT2D eigenvalue weighted by Crippen LogP contribution is 2.36. The first-order valence-corrected chi connectivity index (χ1v) is 9.38. The van der Waals surface area contributed by atoms with Gasteiger partial charge >= 0.3 is 6.18 Å². The molecule has 0 aliphatic carbocycles. The number of hydrogen-bond acceptors (Lipinski definition) is 6. The highest BCUT2D eigenvalue weighted by atomic mass is 79.9. The molecule has 3 aromatic rings. The highest BCUT2D eigenvalue weighted by molar-refractivity contribution is 9.10. The molecule has 3 rings (SSSR count). The number of nitrogens with two attached hydrogens (primary N) is 1. The van der Waals surface area contributed by atoms with Crippen molar-refractivity contribution < 1.29 is 18.0 Å². The molecule has 0 aliphatic heterocycles. The van der Waals surface area contributed by atoms with E-state index in [1.54, 1.807) is 24.3 Å². The van der Waals surface area contributed by atoms with Crippen molar-refractivity contribution in [3.05, 3.63) is 69.4 Å². The van der Waals surface area contributed by atoms with Crippen LogP contribution in [0.25, 0.3) is 0 Å². The zero-order valence-corrected chi connectivity index (χ0v) is 17.2. The first-order chi connectivity index (χ1) is 14.1. The zero-order chi connectivity index (χ0) is 21.9. The number of amides is 1. The lowest BCUT2D eigenvalue weighted by molar-refractivity contribution is -0.137. The number of nitrogens with zero attached hydrogens (tertiary/aromatic N) is 2. The normalized spacial score (nSPS) is 11.1. The maximum Gasteiger partial charge on any atom is 0.416 e. The van der Waals surface area contributed by atoms with Crippen LogP contribution < -0.4 is 21.9 Å². The molecule has 0 saturated carbocycles. The molecule has 30 heavy (non-hydrogen) atoms. The van der Waals surface area contributed by atoms with Crippen molar-refractivity contribution in [3.63, 3.8) is 0 Å². The molecule has 12 heteroatoms. The van der Waals surface area contributed by atoms with E-state index in [9.17, 15) is 18.0 Å². The topological polar surface area (TPSA) is 105 Å². The Labute approximate surface area is 182 Å². The van der Waals surface area contributed by atoms with Gasteiger partial charge in [0.15, 0.2) is 11.6 Å². The minimum atomic E-state index is -4.54. The van der Waals surface area contributed by atoms with E-state index in [0.29, 0.717) is 5.56 Å². The Morgan fingerprint density at radius 1 is 1.07 bits per heavy atom. The maximum absolute atomic E-state index is 12.9. The smallest absolute Gasteiger partial charge is 0.393 e. The molecule has 0 radical (unpaired) electrons. The summed E-state index contributed by atoms with van der Waals surface area (Å²) in [6.07, 6.45) is -3.42. The van der Waals surface area contributed by atoms with Crippen molar-refractivity contribution in [1.82, 2.24) is 15.4 Å². The van der Waals surface area contributed by atoms with Gasteiger partial charge in [-0.15, -0.1) is 0 Å². The number of nitrogen functional groups attached to an aromatic ring is 1. The van der Waals surface area contributed by atoms with E-state index < -0.39 is 17.6 Å². The third-order valence-corrected chi connectivity index (χ3v) is 4.69. The van der Waals surface area contributed by atoms with Crippen molar-refractivity contribution in [3.8, 4) is 0 Å². The Balaban J connectivity index is 1.77. The second-order valence-corrected chi connectivity index (χ2v) is 7.21. The van der Waals surface area contributed by atoms with Gasteiger partial charge in [0.25, 0.3) is 5.91 Å². The summed E-state index contributed by atoms with van der Waals surface area (Å²) in [5.74, 6) is -0.399. The molecule has 0 unspecified atom stereocenters. The van der Waals surface area contributed by atoms with E-state index in [1.165, 1.54) is 0 Å². The molecule has 0 fully saturated rings. The van der Waals surface area contributed by atoms with Crippen LogP contribution >= 0.6 is 27.5 Å². The Morgan fingerprint density at radius 2 is 1.73 bits per heavy atom. The average Bonchev–Trinajstić information content (AvgIpc) is 2.69. The molecule has 0 atom stereocenters. The molecular formula is C18H13BrClF3N6O. The van der Waals surface area contributed by atoms with Gasteiger partial charge < -0.3 is 11.1 Å². The SMILES string of the molecule is Nc1c(NNC(=O)c2ccc(Br)cc2)ncnc1Nc1cc(C(F)(F)F)ccc1Cl. The number of halogens is 5. The van der Waals surface area contributed by atoms with Crippen LogP contribution in [-0.2, 0) is 6.18 Å². The van der Waals surface area contributed by atoms with Gasteiger partial charge in [-0.1, -0.05) is 27.5 Å². The monoisotopic (exact) mass is 500 g/mol. The summed E-state index contributed by atoms with van der Waals surface area (Å²) in [6, 6.07) is 9.43. The van der Waals surface area contributed by atoms with Gasteiger partial charge in [0.2, 0.25) is 0 Å². The number of carbonyl (C=O) groups excluding carboxylic acids is 1. The van der Waals surface area contributed by atoms with E-state index in [1.807, 2.05) is 0 Å². The molecule has 0 spiro atoms. The Kier molecular flexibility index (Phi) is 6.32. The molecule has 2 aromatic carbocycles. The van der Waals surface area contributed by atoms with Crippen molar-refractivity contribution in [2.75, 3.05) is 16.5 Å². The number of alkyl halides is 3. The molecule has 1 heterocycles. The van der Waals surface area contributed by atoms with Crippen molar-refractivity contribution in [2.45, 2.75) is 6.18 Å². The molecule has 7 nitrogen and oxygen atoms in total. The quantitative estimate of drug-likeness (QED) is 0.367. The second kappa shape index (κ2) is 8.76. The van der Waals surface area contributed by atoms with Gasteiger partial charge in [-0.3, -0.25) is 15.6 Å². The third kappa shape index (κ3) is 5.10. The maximum atomic E-state index is 12.9. The minimum Gasteiger partial charge on any atom is -0.393 e. The number of anilines is 4. The van der Waals surface area contributed by atoms with Crippen LogP contribution in [0.2, 0.25) is 5.02 Å². The summed E-state index contributed by atoms with van der Waals surface area (Å²) >= 11 is 9.26. The van der Waals surface area contributed by atoms with E-state index in [2.05, 4.69) is 42.1 Å². The van der Waals surface area contributed by atoms with E-state index in [-0.39, 0.29) is 28.0 Å². The van der Waals surface area contributed by atoms with Gasteiger partial charge in [-0.05, 0) is 42.5 Å². The van der Waals surface area contributed by atoms with Gasteiger partial charge in [0, 0.05) is 10.0 Å². The molecule has 5 N–H and O–H groups in total. The number of benzene rings is 2. The van der Waals surface area contributed by atoms with Crippen LogP contribution in [0.1, 0.15) is 15.9 Å². The zero-order valence-electron chi connectivity index (χ0n) is 14.9. The van der Waals surface area contributed by atoms with Gasteiger partial charge in [-0.25, -0.2) is 9.97 Å². The molecule has 156 valence electrons. The van der Waals surface area contributed by atoms with Crippen molar-refractivity contribution in [2.24, 2.45) is 0 Å². The van der Waals surface area contributed by atoms with Crippen molar-refractivity contribution in [1.29, 1.82) is 0 Å². The number of aromatic nitrogens is 2. The standard InChI is InChI=1S/C18H13BrClF3N6O/c19-11-4-1-9(2-5-11)17(30)29-28-16-14(24)15(25-8-26-16)27-13-7-10(18(21,22)23)3-6-12(13)20/h1-8H,24H2,(H,29,30)(H2,25,26,27,28).